The highest BCUT2D eigenvalue weighted by molar-refractivity contribution is 6.30. The zero-order valence-electron chi connectivity index (χ0n) is 12.5. The molecule has 3 nitrogen and oxygen atoms in total. The zero-order valence-corrected chi connectivity index (χ0v) is 13.2. The Morgan fingerprint density at radius 3 is 3.00 bits per heavy atom. The van der Waals surface area contributed by atoms with Gasteiger partial charge in [-0.15, -0.1) is 0 Å². The second kappa shape index (κ2) is 5.98. The Bertz CT molecular complexity index is 531. The topological polar surface area (TPSA) is 46.3 Å². The second-order valence-electron chi connectivity index (χ2n) is 6.55. The Balaban J connectivity index is 1.62. The summed E-state index contributed by atoms with van der Waals surface area (Å²) in [5.74, 6) is 1.26. The smallest absolute Gasteiger partial charge is 0.226 e. The van der Waals surface area contributed by atoms with Crippen LogP contribution in [0.3, 0.4) is 0 Å². The lowest BCUT2D eigenvalue weighted by Crippen LogP contribution is -2.45. The lowest BCUT2D eigenvalue weighted by Gasteiger charge is -2.34. The van der Waals surface area contributed by atoms with Crippen molar-refractivity contribution in [3.63, 3.8) is 0 Å². The molecule has 1 heterocycles. The number of carbonyl (C=O) groups excluding carboxylic acids is 1. The minimum absolute atomic E-state index is 0.148. The third-order valence-corrected chi connectivity index (χ3v) is 5.13. The first-order valence-electron chi connectivity index (χ1n) is 7.86. The van der Waals surface area contributed by atoms with Gasteiger partial charge in [-0.25, -0.2) is 0 Å². The highest BCUT2D eigenvalue weighted by atomic mass is 35.5. The van der Waals surface area contributed by atoms with E-state index in [1.165, 1.54) is 5.56 Å². The number of nitrogens with zero attached hydrogens (tertiary/aromatic N) is 1. The first-order chi connectivity index (χ1) is 10.1. The van der Waals surface area contributed by atoms with Gasteiger partial charge in [0.05, 0.1) is 0 Å². The molecule has 3 rings (SSSR count). The molecule has 0 aromatic heterocycles. The minimum Gasteiger partial charge on any atom is -0.342 e. The van der Waals surface area contributed by atoms with Crippen LogP contribution >= 0.6 is 11.6 Å². The lowest BCUT2D eigenvalue weighted by atomic mass is 9.92. The van der Waals surface area contributed by atoms with Crippen LogP contribution in [-0.2, 0) is 4.79 Å². The molecule has 2 aliphatic rings. The van der Waals surface area contributed by atoms with Gasteiger partial charge < -0.3 is 10.6 Å². The maximum Gasteiger partial charge on any atom is 0.226 e. The van der Waals surface area contributed by atoms with Gasteiger partial charge in [0.1, 0.15) is 0 Å². The number of likely N-dealkylation sites (tertiary alicyclic amines) is 1. The fourth-order valence-corrected chi connectivity index (χ4v) is 3.65. The first-order valence-corrected chi connectivity index (χ1v) is 8.24. The van der Waals surface area contributed by atoms with Crippen LogP contribution in [0.4, 0.5) is 0 Å². The molecule has 1 aliphatic heterocycles. The quantitative estimate of drug-likeness (QED) is 0.933. The molecule has 1 saturated heterocycles. The number of rotatable bonds is 3. The van der Waals surface area contributed by atoms with Crippen molar-refractivity contribution in [2.24, 2.45) is 17.6 Å². The average molecular weight is 307 g/mol. The number of benzene rings is 1. The number of nitrogens with two attached hydrogens (primary N) is 1. The van der Waals surface area contributed by atoms with Crippen molar-refractivity contribution in [3.8, 4) is 0 Å². The Morgan fingerprint density at radius 2 is 2.29 bits per heavy atom. The van der Waals surface area contributed by atoms with Crippen LogP contribution in [0.15, 0.2) is 24.3 Å². The number of hydrogen-bond donors (Lipinski definition) is 1. The summed E-state index contributed by atoms with van der Waals surface area (Å²) >= 11 is 6.04. The molecule has 2 fully saturated rings. The van der Waals surface area contributed by atoms with Gasteiger partial charge in [0, 0.05) is 30.1 Å². The summed E-state index contributed by atoms with van der Waals surface area (Å²) in [6.45, 7) is 3.76. The third-order valence-electron chi connectivity index (χ3n) is 4.90. The normalized spacial score (nSPS) is 30.0. The number of piperidine rings is 1. The molecular formula is C17H23ClN2O. The summed E-state index contributed by atoms with van der Waals surface area (Å²) in [4.78, 5) is 14.7. The number of amides is 1. The van der Waals surface area contributed by atoms with Gasteiger partial charge in [-0.2, -0.15) is 0 Å². The lowest BCUT2D eigenvalue weighted by molar-refractivity contribution is -0.134. The number of carbonyl (C=O) groups is 1. The van der Waals surface area contributed by atoms with Crippen LogP contribution in [0.2, 0.25) is 5.02 Å². The van der Waals surface area contributed by atoms with Crippen molar-refractivity contribution in [1.29, 1.82) is 0 Å². The minimum atomic E-state index is 0.148. The van der Waals surface area contributed by atoms with Gasteiger partial charge in [-0.05, 0) is 55.7 Å². The predicted molar refractivity (Wildman–Crippen MR) is 85.3 cm³/mol. The van der Waals surface area contributed by atoms with E-state index in [1.54, 1.807) is 0 Å². The molecule has 0 unspecified atom stereocenters. The van der Waals surface area contributed by atoms with Gasteiger partial charge >= 0.3 is 0 Å². The zero-order chi connectivity index (χ0) is 15.0. The Hall–Kier alpha value is -1.06. The molecule has 1 aromatic carbocycles. The van der Waals surface area contributed by atoms with Crippen molar-refractivity contribution in [1.82, 2.24) is 4.90 Å². The van der Waals surface area contributed by atoms with Gasteiger partial charge in [-0.3, -0.25) is 4.79 Å². The molecule has 0 bridgehead atoms. The Labute approximate surface area is 131 Å². The van der Waals surface area contributed by atoms with E-state index in [0.717, 1.165) is 37.4 Å². The van der Waals surface area contributed by atoms with Gasteiger partial charge in [0.2, 0.25) is 5.91 Å². The van der Waals surface area contributed by atoms with Crippen LogP contribution in [-0.4, -0.2) is 29.9 Å². The van der Waals surface area contributed by atoms with Crippen molar-refractivity contribution in [2.75, 3.05) is 13.1 Å². The van der Waals surface area contributed by atoms with Crippen LogP contribution in [0.5, 0.6) is 0 Å². The summed E-state index contributed by atoms with van der Waals surface area (Å²) < 4.78 is 0. The van der Waals surface area contributed by atoms with Crippen molar-refractivity contribution in [2.45, 2.75) is 38.1 Å². The highest BCUT2D eigenvalue weighted by Gasteiger charge is 2.46. The van der Waals surface area contributed by atoms with Crippen LogP contribution in [0.1, 0.15) is 37.7 Å². The molecule has 1 amide bonds. The second-order valence-corrected chi connectivity index (χ2v) is 6.99. The average Bonchev–Trinajstić information content (AvgIpc) is 3.27. The molecule has 4 heteroatoms. The summed E-state index contributed by atoms with van der Waals surface area (Å²) in [7, 11) is 0. The number of halogens is 1. The Morgan fingerprint density at radius 1 is 1.48 bits per heavy atom. The summed E-state index contributed by atoms with van der Waals surface area (Å²) in [5.41, 5.74) is 7.20. The molecule has 1 saturated carbocycles. The van der Waals surface area contributed by atoms with E-state index in [4.69, 9.17) is 17.3 Å². The van der Waals surface area contributed by atoms with E-state index in [1.807, 2.05) is 30.0 Å². The van der Waals surface area contributed by atoms with E-state index < -0.39 is 0 Å². The predicted octanol–water partition coefficient (Wildman–Crippen LogP) is 3.03. The standard InChI is InChI=1S/C17H23ClN2O/c1-11(19)13-5-3-7-20(10-13)17(21)16-9-15(16)12-4-2-6-14(18)8-12/h2,4,6,8,11,13,15-16H,3,5,7,9-10,19H2,1H3/t11-,13+,15+,16+/m0/s1. The summed E-state index contributed by atoms with van der Waals surface area (Å²) in [6, 6.07) is 8.07. The van der Waals surface area contributed by atoms with E-state index in [0.29, 0.717) is 17.7 Å². The summed E-state index contributed by atoms with van der Waals surface area (Å²) in [6.07, 6.45) is 3.18. The molecule has 0 spiro atoms. The van der Waals surface area contributed by atoms with Crippen LogP contribution in [0.25, 0.3) is 0 Å². The molecule has 4 atom stereocenters. The molecule has 1 aromatic rings. The number of hydrogen-bond acceptors (Lipinski definition) is 2. The SMILES string of the molecule is C[C@H](N)[C@@H]1CCCN(C(=O)[C@@H]2C[C@@H]2c2cccc(Cl)c2)C1. The van der Waals surface area contributed by atoms with E-state index in [-0.39, 0.29) is 12.0 Å². The maximum atomic E-state index is 12.6. The first kappa shape index (κ1) is 14.9. The van der Waals surface area contributed by atoms with Gasteiger partial charge in [0.15, 0.2) is 0 Å². The van der Waals surface area contributed by atoms with Crippen molar-refractivity contribution < 1.29 is 4.79 Å². The Kier molecular flexibility index (Phi) is 4.23. The van der Waals surface area contributed by atoms with E-state index in [9.17, 15) is 4.79 Å². The van der Waals surface area contributed by atoms with Crippen LogP contribution < -0.4 is 5.73 Å². The monoisotopic (exact) mass is 306 g/mol. The largest absolute Gasteiger partial charge is 0.342 e. The van der Waals surface area contributed by atoms with Crippen molar-refractivity contribution >= 4 is 17.5 Å². The fourth-order valence-electron chi connectivity index (χ4n) is 3.45. The molecule has 21 heavy (non-hydrogen) atoms. The van der Waals surface area contributed by atoms with Gasteiger partial charge in [-0.1, -0.05) is 23.7 Å². The third kappa shape index (κ3) is 3.24. The maximum absolute atomic E-state index is 12.6. The molecule has 0 radical (unpaired) electrons. The fraction of sp³-hybridized carbons (Fsp3) is 0.588. The molecule has 114 valence electrons. The summed E-state index contributed by atoms with van der Waals surface area (Å²) in [5, 5.41) is 0.751. The highest BCUT2D eigenvalue weighted by Crippen LogP contribution is 2.49. The van der Waals surface area contributed by atoms with E-state index in [2.05, 4.69) is 6.07 Å². The molecule has 2 N–H and O–H groups in total. The van der Waals surface area contributed by atoms with Crippen LogP contribution in [0, 0.1) is 11.8 Å². The molecule has 1 aliphatic carbocycles. The van der Waals surface area contributed by atoms with Gasteiger partial charge in [0.25, 0.3) is 0 Å². The van der Waals surface area contributed by atoms with E-state index >= 15 is 0 Å². The molecular weight excluding hydrogens is 284 g/mol. The van der Waals surface area contributed by atoms with Crippen molar-refractivity contribution in [3.05, 3.63) is 34.9 Å².